The molecule has 110 valence electrons. The van der Waals surface area contributed by atoms with E-state index in [0.717, 1.165) is 18.5 Å². The van der Waals surface area contributed by atoms with Gasteiger partial charge >= 0.3 is 5.97 Å². The molecule has 21 heavy (non-hydrogen) atoms. The second-order valence-electron chi connectivity index (χ2n) is 4.99. The van der Waals surface area contributed by atoms with Gasteiger partial charge in [-0.1, -0.05) is 23.7 Å². The molecule has 1 aliphatic rings. The van der Waals surface area contributed by atoms with Gasteiger partial charge in [-0.15, -0.1) is 0 Å². The molecule has 0 unspecified atom stereocenters. The molecule has 2 heterocycles. The molecule has 0 radical (unpaired) electrons. The van der Waals surface area contributed by atoms with Crippen LogP contribution in [0.3, 0.4) is 0 Å². The number of benzene rings is 1. The molecule has 3 rings (SSSR count). The van der Waals surface area contributed by atoms with Crippen LogP contribution in [0, 0.1) is 0 Å². The Morgan fingerprint density at radius 2 is 2.19 bits per heavy atom. The molecule has 0 aliphatic carbocycles. The van der Waals surface area contributed by atoms with E-state index in [4.69, 9.17) is 11.6 Å². The highest BCUT2D eigenvalue weighted by molar-refractivity contribution is 7.09. The van der Waals surface area contributed by atoms with Crippen LogP contribution in [-0.2, 0) is 11.2 Å². The number of hydrogen-bond acceptors (Lipinski definition) is 5. The minimum atomic E-state index is -0.790. The van der Waals surface area contributed by atoms with Crippen molar-refractivity contribution in [3.63, 3.8) is 0 Å². The van der Waals surface area contributed by atoms with E-state index in [2.05, 4.69) is 9.36 Å². The van der Waals surface area contributed by atoms with Gasteiger partial charge in [0.05, 0.1) is 0 Å². The topological polar surface area (TPSA) is 66.3 Å². The van der Waals surface area contributed by atoms with Crippen LogP contribution in [0.25, 0.3) is 0 Å². The fourth-order valence-electron chi connectivity index (χ4n) is 2.47. The molecule has 1 atom stereocenters. The number of rotatable bonds is 4. The van der Waals surface area contributed by atoms with E-state index in [-0.39, 0.29) is 0 Å². The number of hydrogen-bond donors (Lipinski definition) is 1. The number of nitrogens with zero attached hydrogens (tertiary/aromatic N) is 3. The summed E-state index contributed by atoms with van der Waals surface area (Å²) in [5.41, 5.74) is 1.08. The highest BCUT2D eigenvalue weighted by Gasteiger charge is 2.32. The highest BCUT2D eigenvalue weighted by Crippen LogP contribution is 2.27. The van der Waals surface area contributed by atoms with Gasteiger partial charge in [0.15, 0.2) is 0 Å². The number of carboxylic acids is 1. The average molecular weight is 324 g/mol. The summed E-state index contributed by atoms with van der Waals surface area (Å²) in [6, 6.07) is 7.09. The van der Waals surface area contributed by atoms with Gasteiger partial charge in [0.25, 0.3) is 0 Å². The first-order chi connectivity index (χ1) is 10.1. The molecule has 7 heteroatoms. The zero-order valence-electron chi connectivity index (χ0n) is 11.2. The lowest BCUT2D eigenvalue weighted by molar-refractivity contribution is -0.138. The summed E-state index contributed by atoms with van der Waals surface area (Å²) in [7, 11) is 0. The minimum absolute atomic E-state index is 0.471. The molecule has 1 aliphatic heterocycles. The van der Waals surface area contributed by atoms with Crippen LogP contribution in [0.15, 0.2) is 24.3 Å². The molecular weight excluding hydrogens is 310 g/mol. The third kappa shape index (κ3) is 3.16. The SMILES string of the molecule is O=C(O)[C@@H]1CCCN1c1nc(Cc2ccc(Cl)cc2)ns1. The lowest BCUT2D eigenvalue weighted by Crippen LogP contribution is -2.35. The fourth-order valence-corrected chi connectivity index (χ4v) is 3.36. The first-order valence-electron chi connectivity index (χ1n) is 6.70. The van der Waals surface area contributed by atoms with Crippen LogP contribution in [0.4, 0.5) is 5.13 Å². The monoisotopic (exact) mass is 323 g/mol. The van der Waals surface area contributed by atoms with Gasteiger partial charge in [-0.3, -0.25) is 0 Å². The summed E-state index contributed by atoms with van der Waals surface area (Å²) in [6.07, 6.45) is 2.17. The molecule has 1 aromatic heterocycles. The number of carbonyl (C=O) groups is 1. The van der Waals surface area contributed by atoms with E-state index in [1.165, 1.54) is 11.5 Å². The number of halogens is 1. The normalized spacial score (nSPS) is 18.1. The Labute approximate surface area is 131 Å². The van der Waals surface area contributed by atoms with Crippen LogP contribution in [-0.4, -0.2) is 33.0 Å². The molecule has 1 N–H and O–H groups in total. The standard InChI is InChI=1S/C14H14ClN3O2S/c15-10-5-3-9(4-6-10)8-12-16-14(21-17-12)18-7-1-2-11(18)13(19)20/h3-6,11H,1-2,7-8H2,(H,19,20)/t11-/m0/s1. The van der Waals surface area contributed by atoms with Gasteiger partial charge in [0, 0.05) is 29.5 Å². The molecular formula is C14H14ClN3O2S. The molecule has 0 saturated carbocycles. The second-order valence-corrected chi connectivity index (χ2v) is 6.15. The number of anilines is 1. The van der Waals surface area contributed by atoms with Crippen molar-refractivity contribution in [1.82, 2.24) is 9.36 Å². The van der Waals surface area contributed by atoms with Gasteiger partial charge in [-0.2, -0.15) is 4.37 Å². The second kappa shape index (κ2) is 5.99. The Kier molecular flexibility index (Phi) is 4.07. The molecule has 5 nitrogen and oxygen atoms in total. The number of carboxylic acid groups (broad SMARTS) is 1. The van der Waals surface area contributed by atoms with Gasteiger partial charge in [0.2, 0.25) is 5.13 Å². The van der Waals surface area contributed by atoms with Gasteiger partial charge in [0.1, 0.15) is 11.9 Å². The van der Waals surface area contributed by atoms with Crippen molar-refractivity contribution in [1.29, 1.82) is 0 Å². The summed E-state index contributed by atoms with van der Waals surface area (Å²) in [4.78, 5) is 17.5. The van der Waals surface area contributed by atoms with Crippen molar-refractivity contribution in [2.75, 3.05) is 11.4 Å². The van der Waals surface area contributed by atoms with Crippen molar-refractivity contribution >= 4 is 34.2 Å². The predicted molar refractivity (Wildman–Crippen MR) is 82.2 cm³/mol. The lowest BCUT2D eigenvalue weighted by Gasteiger charge is -2.19. The summed E-state index contributed by atoms with van der Waals surface area (Å²) < 4.78 is 4.34. The average Bonchev–Trinajstić information content (AvgIpc) is 3.09. The minimum Gasteiger partial charge on any atom is -0.480 e. The van der Waals surface area contributed by atoms with Gasteiger partial charge < -0.3 is 10.0 Å². The third-order valence-electron chi connectivity index (χ3n) is 3.52. The Morgan fingerprint density at radius 3 is 2.90 bits per heavy atom. The number of aliphatic carboxylic acids is 1. The summed E-state index contributed by atoms with van der Waals surface area (Å²) >= 11 is 7.12. The molecule has 0 amide bonds. The van der Waals surface area contributed by atoms with Crippen molar-refractivity contribution in [3.05, 3.63) is 40.7 Å². The zero-order valence-corrected chi connectivity index (χ0v) is 12.8. The lowest BCUT2D eigenvalue weighted by atomic mass is 10.1. The Morgan fingerprint density at radius 1 is 1.43 bits per heavy atom. The van der Waals surface area contributed by atoms with Gasteiger partial charge in [-0.05, 0) is 30.5 Å². The molecule has 0 bridgehead atoms. The maximum absolute atomic E-state index is 11.2. The van der Waals surface area contributed by atoms with Crippen molar-refractivity contribution in [3.8, 4) is 0 Å². The Hall–Kier alpha value is -1.66. The van der Waals surface area contributed by atoms with Crippen LogP contribution in [0.1, 0.15) is 24.2 Å². The van der Waals surface area contributed by atoms with Crippen LogP contribution < -0.4 is 4.90 Å². The van der Waals surface area contributed by atoms with Crippen LogP contribution >= 0.6 is 23.1 Å². The Bertz CT molecular complexity index is 644. The van der Waals surface area contributed by atoms with Crippen molar-refractivity contribution < 1.29 is 9.90 Å². The van der Waals surface area contributed by atoms with Crippen molar-refractivity contribution in [2.45, 2.75) is 25.3 Å². The van der Waals surface area contributed by atoms with Gasteiger partial charge in [-0.25, -0.2) is 9.78 Å². The van der Waals surface area contributed by atoms with E-state index in [0.29, 0.717) is 28.8 Å². The first-order valence-corrected chi connectivity index (χ1v) is 7.85. The van der Waals surface area contributed by atoms with Crippen LogP contribution in [0.2, 0.25) is 5.02 Å². The Balaban J connectivity index is 1.74. The zero-order chi connectivity index (χ0) is 14.8. The highest BCUT2D eigenvalue weighted by atomic mass is 35.5. The molecule has 0 spiro atoms. The molecule has 1 fully saturated rings. The molecule has 1 aromatic carbocycles. The quantitative estimate of drug-likeness (QED) is 0.937. The van der Waals surface area contributed by atoms with E-state index in [1.807, 2.05) is 29.2 Å². The maximum atomic E-state index is 11.2. The van der Waals surface area contributed by atoms with Crippen LogP contribution in [0.5, 0.6) is 0 Å². The summed E-state index contributed by atoms with van der Waals surface area (Å²) in [6.45, 7) is 0.729. The third-order valence-corrected chi connectivity index (χ3v) is 4.56. The van der Waals surface area contributed by atoms with E-state index in [1.54, 1.807) is 0 Å². The summed E-state index contributed by atoms with van der Waals surface area (Å²) in [5.74, 6) is -0.0738. The van der Waals surface area contributed by atoms with E-state index >= 15 is 0 Å². The largest absolute Gasteiger partial charge is 0.480 e. The fraction of sp³-hybridized carbons (Fsp3) is 0.357. The molecule has 1 saturated heterocycles. The van der Waals surface area contributed by atoms with E-state index < -0.39 is 12.0 Å². The number of aromatic nitrogens is 2. The summed E-state index contributed by atoms with van der Waals surface area (Å²) in [5, 5.41) is 10.6. The van der Waals surface area contributed by atoms with Crippen molar-refractivity contribution in [2.24, 2.45) is 0 Å². The van der Waals surface area contributed by atoms with E-state index in [9.17, 15) is 9.90 Å². The molecule has 2 aromatic rings. The first kappa shape index (κ1) is 14.3. The maximum Gasteiger partial charge on any atom is 0.326 e. The smallest absolute Gasteiger partial charge is 0.326 e. The predicted octanol–water partition coefficient (Wildman–Crippen LogP) is 2.84.